The van der Waals surface area contributed by atoms with E-state index in [0.29, 0.717) is 5.69 Å². The Kier molecular flexibility index (Phi) is 3.39. The van der Waals surface area contributed by atoms with Gasteiger partial charge in [-0.3, -0.25) is 14.6 Å². The Bertz CT molecular complexity index is 930. The molecule has 4 atom stereocenters. The van der Waals surface area contributed by atoms with Gasteiger partial charge < -0.3 is 9.47 Å². The van der Waals surface area contributed by atoms with Crippen LogP contribution in [0.3, 0.4) is 0 Å². The van der Waals surface area contributed by atoms with Crippen molar-refractivity contribution in [1.82, 2.24) is 4.90 Å². The molecule has 0 radical (unpaired) electrons. The summed E-state index contributed by atoms with van der Waals surface area (Å²) < 4.78 is 11.1. The van der Waals surface area contributed by atoms with Gasteiger partial charge in [-0.25, -0.2) is 4.79 Å². The van der Waals surface area contributed by atoms with E-state index in [1.165, 1.54) is 7.11 Å². The molecule has 0 N–H and O–H groups in total. The van der Waals surface area contributed by atoms with Gasteiger partial charge in [0, 0.05) is 12.8 Å². The summed E-state index contributed by atoms with van der Waals surface area (Å²) in [6.07, 6.45) is 1.64. The maximum absolute atomic E-state index is 13.0. The molecule has 136 valence electrons. The highest BCUT2D eigenvalue weighted by Crippen LogP contribution is 2.51. The van der Waals surface area contributed by atoms with E-state index < -0.39 is 30.0 Å². The van der Waals surface area contributed by atoms with Crippen LogP contribution in [0.4, 0.5) is 10.5 Å². The average Bonchev–Trinajstić information content (AvgIpc) is 3.03. The Morgan fingerprint density at radius 1 is 1.00 bits per heavy atom. The Morgan fingerprint density at radius 2 is 1.67 bits per heavy atom. The summed E-state index contributed by atoms with van der Waals surface area (Å²) in [5.41, 5.74) is 0.884. The Balaban J connectivity index is 1.66. The molecule has 3 heterocycles. The minimum Gasteiger partial charge on any atom is -0.437 e. The van der Waals surface area contributed by atoms with Gasteiger partial charge in [-0.05, 0) is 23.8 Å². The largest absolute Gasteiger partial charge is 0.437 e. The van der Waals surface area contributed by atoms with E-state index in [4.69, 9.17) is 9.47 Å². The maximum atomic E-state index is 13.0. The quantitative estimate of drug-likeness (QED) is 0.622. The normalized spacial score (nSPS) is 31.2. The Labute approximate surface area is 156 Å². The molecule has 3 aliphatic rings. The Hall–Kier alpha value is -3.12. The number of rotatable bonds is 3. The number of carbonyl (C=O) groups is 2. The molecule has 0 aromatic heterocycles. The third-order valence-corrected chi connectivity index (χ3v) is 5.56. The van der Waals surface area contributed by atoms with Crippen LogP contribution in [0.15, 0.2) is 72.8 Å². The molecule has 0 bridgehead atoms. The number of hydrogen-bond acceptors (Lipinski definition) is 4. The smallest absolute Gasteiger partial charge is 0.416 e. The number of benzene rings is 2. The second-order valence-electron chi connectivity index (χ2n) is 6.84. The summed E-state index contributed by atoms with van der Waals surface area (Å²) in [6.45, 7) is 0. The fourth-order valence-corrected chi connectivity index (χ4v) is 4.42. The van der Waals surface area contributed by atoms with Gasteiger partial charge in [-0.1, -0.05) is 54.6 Å². The lowest BCUT2D eigenvalue weighted by Crippen LogP contribution is -2.78. The van der Waals surface area contributed by atoms with Crippen LogP contribution in [0.5, 0.6) is 0 Å². The number of anilines is 1. The molecule has 27 heavy (non-hydrogen) atoms. The molecule has 2 aromatic rings. The minimum absolute atomic E-state index is 0.153. The number of ether oxygens (including phenoxy) is 2. The van der Waals surface area contributed by atoms with Crippen molar-refractivity contribution in [3.8, 4) is 0 Å². The first-order valence-corrected chi connectivity index (χ1v) is 8.84. The van der Waals surface area contributed by atoms with Gasteiger partial charge >= 0.3 is 6.09 Å². The molecule has 6 nitrogen and oxygen atoms in total. The van der Waals surface area contributed by atoms with Crippen LogP contribution in [0.2, 0.25) is 0 Å². The van der Waals surface area contributed by atoms with E-state index in [-0.39, 0.29) is 5.91 Å². The van der Waals surface area contributed by atoms with Gasteiger partial charge in [-0.2, -0.15) is 0 Å². The van der Waals surface area contributed by atoms with Crippen molar-refractivity contribution in [2.75, 3.05) is 12.0 Å². The van der Waals surface area contributed by atoms with Crippen molar-refractivity contribution in [2.45, 2.75) is 23.9 Å². The lowest BCUT2D eigenvalue weighted by atomic mass is 9.71. The topological polar surface area (TPSA) is 59.1 Å². The van der Waals surface area contributed by atoms with Crippen LogP contribution in [0.1, 0.15) is 5.56 Å². The van der Waals surface area contributed by atoms with Crippen molar-refractivity contribution >= 4 is 17.7 Å². The molecule has 2 aromatic carbocycles. The van der Waals surface area contributed by atoms with Gasteiger partial charge in [0.05, 0.1) is 0 Å². The molecule has 5 rings (SSSR count). The first-order chi connectivity index (χ1) is 13.2. The number of amides is 2. The van der Waals surface area contributed by atoms with Crippen molar-refractivity contribution in [3.05, 3.63) is 78.4 Å². The van der Waals surface area contributed by atoms with Crippen LogP contribution in [0.25, 0.3) is 0 Å². The number of hydrogen-bond donors (Lipinski definition) is 0. The third-order valence-electron chi connectivity index (χ3n) is 5.56. The van der Waals surface area contributed by atoms with Gasteiger partial charge in [-0.15, -0.1) is 0 Å². The summed E-state index contributed by atoms with van der Waals surface area (Å²) in [5, 5.41) is 0. The highest BCUT2D eigenvalue weighted by Gasteiger charge is 2.68. The van der Waals surface area contributed by atoms with Crippen molar-refractivity contribution in [1.29, 1.82) is 0 Å². The van der Waals surface area contributed by atoms with E-state index in [1.807, 2.05) is 72.8 Å². The number of para-hydroxylation sites is 1. The summed E-state index contributed by atoms with van der Waals surface area (Å²) in [6, 6.07) is 19.0. The van der Waals surface area contributed by atoms with E-state index >= 15 is 0 Å². The van der Waals surface area contributed by atoms with E-state index in [2.05, 4.69) is 0 Å². The molecule has 0 unspecified atom stereocenters. The molecule has 6 heteroatoms. The second-order valence-corrected chi connectivity index (χ2v) is 6.84. The summed E-state index contributed by atoms with van der Waals surface area (Å²) in [4.78, 5) is 28.9. The number of nitrogens with zero attached hydrogens (tertiary/aromatic N) is 2. The Morgan fingerprint density at radius 3 is 2.33 bits per heavy atom. The number of β-lactam (4-membered cyclic amide) rings is 1. The molecule has 0 aliphatic carbocycles. The predicted molar refractivity (Wildman–Crippen MR) is 97.9 cm³/mol. The van der Waals surface area contributed by atoms with Crippen LogP contribution in [-0.2, 0) is 19.8 Å². The van der Waals surface area contributed by atoms with Gasteiger partial charge in [0.2, 0.25) is 0 Å². The molecule has 2 fully saturated rings. The zero-order valence-corrected chi connectivity index (χ0v) is 14.7. The average molecular weight is 362 g/mol. The second kappa shape index (κ2) is 5.69. The molecule has 2 saturated heterocycles. The van der Waals surface area contributed by atoms with Gasteiger partial charge in [0.25, 0.3) is 5.91 Å². The molecule has 0 saturated carbocycles. The van der Waals surface area contributed by atoms with Gasteiger partial charge in [0.15, 0.2) is 18.4 Å². The lowest BCUT2D eigenvalue weighted by Gasteiger charge is -2.60. The zero-order chi connectivity index (χ0) is 18.6. The first kappa shape index (κ1) is 16.1. The number of carbonyl (C=O) groups excluding carboxylic acids is 2. The fourth-order valence-electron chi connectivity index (χ4n) is 4.42. The van der Waals surface area contributed by atoms with Crippen molar-refractivity contribution in [3.63, 3.8) is 0 Å². The maximum Gasteiger partial charge on any atom is 0.416 e. The van der Waals surface area contributed by atoms with Crippen LogP contribution in [0, 0.1) is 0 Å². The summed E-state index contributed by atoms with van der Waals surface area (Å²) >= 11 is 0. The fraction of sp³-hybridized carbons (Fsp3) is 0.238. The lowest BCUT2D eigenvalue weighted by molar-refractivity contribution is -0.194. The monoisotopic (exact) mass is 362 g/mol. The highest BCUT2D eigenvalue weighted by molar-refractivity contribution is 5.97. The molecule has 3 aliphatic heterocycles. The molecular weight excluding hydrogens is 344 g/mol. The summed E-state index contributed by atoms with van der Waals surface area (Å²) in [5.74, 6) is -0.153. The number of methoxy groups -OCH3 is 1. The first-order valence-electron chi connectivity index (χ1n) is 8.84. The standard InChI is InChI=1S/C21H18N2O4/c1-26-17-19(24)23-18-16(12-13-21(17,23)14-8-4-2-5-9-14)27-20(25)22(18)15-10-6-3-7-11-15/h2-13,16-18H,1H3/t16-,17-,18+,21-/m0/s1. The predicted octanol–water partition coefficient (Wildman–Crippen LogP) is 2.66. The molecule has 0 spiro atoms. The van der Waals surface area contributed by atoms with Crippen molar-refractivity contribution in [2.24, 2.45) is 0 Å². The van der Waals surface area contributed by atoms with E-state index in [0.717, 1.165) is 5.56 Å². The van der Waals surface area contributed by atoms with Crippen LogP contribution < -0.4 is 4.90 Å². The third kappa shape index (κ3) is 1.99. The van der Waals surface area contributed by atoms with Gasteiger partial charge in [0.1, 0.15) is 5.54 Å². The minimum atomic E-state index is -0.755. The molecular formula is C21H18N2O4. The van der Waals surface area contributed by atoms with Crippen LogP contribution in [-0.4, -0.2) is 42.4 Å². The summed E-state index contributed by atoms with van der Waals surface area (Å²) in [7, 11) is 1.54. The highest BCUT2D eigenvalue weighted by atomic mass is 16.6. The molecule has 2 amide bonds. The van der Waals surface area contributed by atoms with E-state index in [9.17, 15) is 9.59 Å². The van der Waals surface area contributed by atoms with Crippen LogP contribution >= 0.6 is 0 Å². The van der Waals surface area contributed by atoms with E-state index in [1.54, 1.807) is 9.80 Å². The van der Waals surface area contributed by atoms with Crippen molar-refractivity contribution < 1.29 is 19.1 Å². The SMILES string of the molecule is CO[C@H]1C(=O)N2[C@@H]3[C@H](C=C[C@]12c1ccccc1)OC(=O)N3c1ccccc1. The number of fused-ring (bicyclic) bond motifs is 3. The zero-order valence-electron chi connectivity index (χ0n) is 14.7.